The Kier molecular flexibility index (Phi) is 5.35. The number of fused-ring (bicyclic) bond motifs is 1. The molecule has 5 heterocycles. The zero-order chi connectivity index (χ0) is 23.1. The Morgan fingerprint density at radius 1 is 0.882 bits per heavy atom. The topological polar surface area (TPSA) is 74.6 Å². The molecular formula is C25H24N6O2S. The van der Waals surface area contributed by atoms with Crippen LogP contribution in [0.4, 0.5) is 0 Å². The molecular weight excluding hydrogens is 448 g/mol. The number of aromatic nitrogens is 3. The standard InChI is InChI=1S/C25H24N6O2S/c32-24(19-4-5-21-18(15-19)6-9-31(21)22-3-1-2-7-26-22)30-16-20(17-30)28-10-12-29(13-11-28)25(33)23-27-8-14-34-23/h1-9,14-15,20H,10-13,16-17H2. The fourth-order valence-electron chi connectivity index (χ4n) is 4.76. The van der Waals surface area contributed by atoms with Gasteiger partial charge in [-0.15, -0.1) is 11.3 Å². The Morgan fingerprint density at radius 2 is 1.74 bits per heavy atom. The number of rotatable bonds is 4. The molecule has 34 heavy (non-hydrogen) atoms. The molecule has 0 N–H and O–H groups in total. The molecule has 2 amide bonds. The van der Waals surface area contributed by atoms with Crippen LogP contribution in [0.25, 0.3) is 16.7 Å². The zero-order valence-electron chi connectivity index (χ0n) is 18.6. The number of piperazine rings is 1. The van der Waals surface area contributed by atoms with Crippen molar-refractivity contribution in [2.45, 2.75) is 6.04 Å². The minimum atomic E-state index is 0.0207. The molecule has 6 rings (SSSR count). The van der Waals surface area contributed by atoms with E-state index in [0.29, 0.717) is 29.7 Å². The van der Waals surface area contributed by atoms with Crippen molar-refractivity contribution in [3.8, 4) is 5.82 Å². The van der Waals surface area contributed by atoms with Gasteiger partial charge in [0.1, 0.15) is 5.82 Å². The Labute approximate surface area is 201 Å². The van der Waals surface area contributed by atoms with Crippen LogP contribution in [-0.4, -0.2) is 86.4 Å². The predicted molar refractivity (Wildman–Crippen MR) is 130 cm³/mol. The third-order valence-electron chi connectivity index (χ3n) is 6.72. The number of nitrogens with zero attached hydrogens (tertiary/aromatic N) is 6. The molecule has 2 saturated heterocycles. The predicted octanol–water partition coefficient (Wildman–Crippen LogP) is 2.76. The minimum absolute atomic E-state index is 0.0207. The van der Waals surface area contributed by atoms with E-state index in [4.69, 9.17) is 0 Å². The second-order valence-corrected chi connectivity index (χ2v) is 9.57. The van der Waals surface area contributed by atoms with Gasteiger partial charge in [0.15, 0.2) is 5.01 Å². The van der Waals surface area contributed by atoms with Crippen molar-refractivity contribution in [1.29, 1.82) is 0 Å². The number of pyridine rings is 1. The summed E-state index contributed by atoms with van der Waals surface area (Å²) in [7, 11) is 0. The lowest BCUT2D eigenvalue weighted by molar-refractivity contribution is 0.00854. The third kappa shape index (κ3) is 3.76. The summed E-state index contributed by atoms with van der Waals surface area (Å²) < 4.78 is 2.03. The van der Waals surface area contributed by atoms with Crippen molar-refractivity contribution in [3.63, 3.8) is 0 Å². The largest absolute Gasteiger partial charge is 0.335 e. The number of likely N-dealkylation sites (tertiary alicyclic amines) is 1. The fourth-order valence-corrected chi connectivity index (χ4v) is 5.36. The van der Waals surface area contributed by atoms with E-state index in [2.05, 4.69) is 14.9 Å². The highest BCUT2D eigenvalue weighted by Gasteiger charge is 2.37. The van der Waals surface area contributed by atoms with Gasteiger partial charge in [-0.05, 0) is 36.4 Å². The van der Waals surface area contributed by atoms with Crippen molar-refractivity contribution < 1.29 is 9.59 Å². The normalized spacial score (nSPS) is 17.2. The molecule has 2 aliphatic heterocycles. The first-order valence-electron chi connectivity index (χ1n) is 11.4. The second-order valence-electron chi connectivity index (χ2n) is 8.68. The Morgan fingerprint density at radius 3 is 2.47 bits per heavy atom. The quantitative estimate of drug-likeness (QED) is 0.457. The molecule has 1 aromatic carbocycles. The zero-order valence-corrected chi connectivity index (χ0v) is 19.4. The van der Waals surface area contributed by atoms with Crippen LogP contribution in [0.5, 0.6) is 0 Å². The highest BCUT2D eigenvalue weighted by atomic mass is 32.1. The minimum Gasteiger partial charge on any atom is -0.335 e. The molecule has 4 aromatic rings. The Hall–Kier alpha value is -3.56. The van der Waals surface area contributed by atoms with Crippen LogP contribution in [0.2, 0.25) is 0 Å². The lowest BCUT2D eigenvalue weighted by Crippen LogP contribution is -2.64. The molecule has 0 aliphatic carbocycles. The van der Waals surface area contributed by atoms with E-state index in [-0.39, 0.29) is 11.8 Å². The van der Waals surface area contributed by atoms with Crippen LogP contribution in [0.15, 0.2) is 66.4 Å². The number of hydrogen-bond acceptors (Lipinski definition) is 6. The monoisotopic (exact) mass is 472 g/mol. The fraction of sp³-hybridized carbons (Fsp3) is 0.280. The first-order valence-corrected chi connectivity index (χ1v) is 12.3. The van der Waals surface area contributed by atoms with E-state index >= 15 is 0 Å². The van der Waals surface area contributed by atoms with Gasteiger partial charge in [0, 0.05) is 80.2 Å². The maximum atomic E-state index is 13.1. The number of carbonyl (C=O) groups is 2. The van der Waals surface area contributed by atoms with Crippen molar-refractivity contribution in [2.75, 3.05) is 39.3 Å². The summed E-state index contributed by atoms with van der Waals surface area (Å²) in [6, 6.07) is 14.1. The van der Waals surface area contributed by atoms with Gasteiger partial charge in [-0.2, -0.15) is 0 Å². The lowest BCUT2D eigenvalue weighted by atomic mass is 10.0. The smallest absolute Gasteiger partial charge is 0.282 e. The molecule has 0 saturated carbocycles. The van der Waals surface area contributed by atoms with Gasteiger partial charge in [0.25, 0.3) is 11.8 Å². The summed E-state index contributed by atoms with van der Waals surface area (Å²) in [4.78, 5) is 40.3. The van der Waals surface area contributed by atoms with E-state index in [1.807, 2.05) is 68.4 Å². The van der Waals surface area contributed by atoms with E-state index in [1.54, 1.807) is 12.4 Å². The van der Waals surface area contributed by atoms with E-state index < -0.39 is 0 Å². The number of carbonyl (C=O) groups excluding carboxylic acids is 2. The lowest BCUT2D eigenvalue weighted by Gasteiger charge is -2.48. The average Bonchev–Trinajstić information content (AvgIpc) is 3.54. The molecule has 0 radical (unpaired) electrons. The van der Waals surface area contributed by atoms with Crippen LogP contribution < -0.4 is 0 Å². The average molecular weight is 473 g/mol. The molecule has 0 unspecified atom stereocenters. The molecule has 0 bridgehead atoms. The van der Waals surface area contributed by atoms with Crippen LogP contribution in [0, 0.1) is 0 Å². The number of benzene rings is 1. The van der Waals surface area contributed by atoms with Crippen molar-refractivity contribution in [3.05, 3.63) is 77.0 Å². The highest BCUT2D eigenvalue weighted by molar-refractivity contribution is 7.11. The first kappa shape index (κ1) is 21.0. The van der Waals surface area contributed by atoms with E-state index in [1.165, 1.54) is 11.3 Å². The Balaban J connectivity index is 1.06. The van der Waals surface area contributed by atoms with Gasteiger partial charge in [0.2, 0.25) is 0 Å². The molecule has 172 valence electrons. The van der Waals surface area contributed by atoms with Gasteiger partial charge in [0.05, 0.1) is 5.52 Å². The highest BCUT2D eigenvalue weighted by Crippen LogP contribution is 2.24. The summed E-state index contributed by atoms with van der Waals surface area (Å²) in [5.41, 5.74) is 1.74. The summed E-state index contributed by atoms with van der Waals surface area (Å²) in [6.45, 7) is 4.52. The van der Waals surface area contributed by atoms with Gasteiger partial charge < -0.3 is 14.4 Å². The Bertz CT molecular complexity index is 1320. The third-order valence-corrected chi connectivity index (χ3v) is 7.48. The first-order chi connectivity index (χ1) is 16.7. The summed E-state index contributed by atoms with van der Waals surface area (Å²) in [5.74, 6) is 0.948. The number of hydrogen-bond donors (Lipinski definition) is 0. The van der Waals surface area contributed by atoms with E-state index in [9.17, 15) is 9.59 Å². The maximum Gasteiger partial charge on any atom is 0.282 e. The van der Waals surface area contributed by atoms with Gasteiger partial charge in [-0.1, -0.05) is 6.07 Å². The molecule has 2 fully saturated rings. The van der Waals surface area contributed by atoms with Gasteiger partial charge in [-0.25, -0.2) is 9.97 Å². The van der Waals surface area contributed by atoms with Crippen LogP contribution in [-0.2, 0) is 0 Å². The van der Waals surface area contributed by atoms with Crippen LogP contribution >= 0.6 is 11.3 Å². The number of thiazole rings is 1. The summed E-state index contributed by atoms with van der Waals surface area (Å²) in [6.07, 6.45) is 5.43. The summed E-state index contributed by atoms with van der Waals surface area (Å²) in [5, 5.41) is 3.41. The molecule has 3 aromatic heterocycles. The SMILES string of the molecule is O=C(c1ccc2c(ccn2-c2ccccn2)c1)N1CC(N2CCN(C(=O)c3nccs3)CC2)C1. The van der Waals surface area contributed by atoms with Crippen molar-refractivity contribution in [2.24, 2.45) is 0 Å². The number of amides is 2. The van der Waals surface area contributed by atoms with Gasteiger partial charge >= 0.3 is 0 Å². The van der Waals surface area contributed by atoms with Crippen molar-refractivity contribution in [1.82, 2.24) is 29.2 Å². The van der Waals surface area contributed by atoms with Crippen LogP contribution in [0.1, 0.15) is 20.2 Å². The van der Waals surface area contributed by atoms with E-state index in [0.717, 1.165) is 42.9 Å². The van der Waals surface area contributed by atoms with Crippen molar-refractivity contribution >= 4 is 34.1 Å². The second kappa shape index (κ2) is 8.66. The summed E-state index contributed by atoms with van der Waals surface area (Å²) >= 11 is 1.39. The molecule has 9 heteroatoms. The molecule has 8 nitrogen and oxygen atoms in total. The van der Waals surface area contributed by atoms with Crippen LogP contribution in [0.3, 0.4) is 0 Å². The molecule has 2 aliphatic rings. The molecule has 0 atom stereocenters. The van der Waals surface area contributed by atoms with Gasteiger partial charge in [-0.3, -0.25) is 14.5 Å². The maximum absolute atomic E-state index is 13.1. The molecule has 0 spiro atoms.